The number of nitro groups is 2. The van der Waals surface area contributed by atoms with Gasteiger partial charge in [-0.25, -0.2) is 0 Å². The first kappa shape index (κ1) is 8.38. The lowest BCUT2D eigenvalue weighted by molar-refractivity contribution is -0.736. The number of hydrogen-bond acceptors (Lipinski definition) is 4. The summed E-state index contributed by atoms with van der Waals surface area (Å²) in [6, 6.07) is 0. The second-order valence-electron chi connectivity index (χ2n) is 1.02. The summed E-state index contributed by atoms with van der Waals surface area (Å²) in [7, 11) is 0. The smallest absolute Gasteiger partial charge is 0.256 e. The highest BCUT2D eigenvalue weighted by Gasteiger charge is 2.52. The van der Waals surface area contributed by atoms with E-state index in [4.69, 9.17) is 0 Å². The van der Waals surface area contributed by atoms with Crippen LogP contribution in [-0.2, 0) is 0 Å². The summed E-state index contributed by atoms with van der Waals surface area (Å²) in [5.41, 5.74) is 0. The molecule has 0 aromatic carbocycles. The van der Waals surface area contributed by atoms with Gasteiger partial charge in [-0.05, 0) is 0 Å². The van der Waals surface area contributed by atoms with Crippen molar-refractivity contribution in [2.75, 3.05) is 0 Å². The Balaban J connectivity index is 4.38. The third-order valence-electron chi connectivity index (χ3n) is 0.439. The number of halogens is 2. The Labute approximate surface area is 58.7 Å². The molecule has 0 spiro atoms. The molecule has 0 aromatic rings. The largest absolute Gasteiger partial charge is 0.620 e. The van der Waals surface area contributed by atoms with Crippen LogP contribution >= 0.6 is 23.2 Å². The van der Waals surface area contributed by atoms with Crippen LogP contribution in [0.1, 0.15) is 0 Å². The zero-order valence-electron chi connectivity index (χ0n) is 3.78. The maximum atomic E-state index is 9.56. The first-order valence-electron chi connectivity index (χ1n) is 1.56. The first-order valence-corrected chi connectivity index (χ1v) is 2.31. The third kappa shape index (κ3) is 1.65. The van der Waals surface area contributed by atoms with E-state index in [1.807, 2.05) is 0 Å². The van der Waals surface area contributed by atoms with Crippen molar-refractivity contribution < 1.29 is 9.85 Å². The molecule has 8 heteroatoms. The Kier molecular flexibility index (Phi) is 2.16. The van der Waals surface area contributed by atoms with Crippen molar-refractivity contribution in [2.45, 2.75) is 4.58 Å². The second kappa shape index (κ2) is 2.32. The van der Waals surface area contributed by atoms with Crippen LogP contribution in [0, 0.1) is 20.2 Å². The van der Waals surface area contributed by atoms with Gasteiger partial charge in [0.2, 0.25) is 0 Å². The van der Waals surface area contributed by atoms with Crippen LogP contribution in [0.25, 0.3) is 0 Å². The molecular formula is CCl2N2O4. The highest BCUT2D eigenvalue weighted by atomic mass is 35.5. The Morgan fingerprint density at radius 3 is 1.33 bits per heavy atom. The van der Waals surface area contributed by atoms with E-state index in [9.17, 15) is 20.2 Å². The van der Waals surface area contributed by atoms with Crippen molar-refractivity contribution in [1.29, 1.82) is 0 Å². The van der Waals surface area contributed by atoms with Crippen LogP contribution in [0.4, 0.5) is 0 Å². The molecule has 0 aliphatic carbocycles. The van der Waals surface area contributed by atoms with Crippen LogP contribution in [0.15, 0.2) is 0 Å². The monoisotopic (exact) mass is 174 g/mol. The van der Waals surface area contributed by atoms with Crippen LogP contribution in [0.3, 0.4) is 0 Å². The summed E-state index contributed by atoms with van der Waals surface area (Å²) in [6.07, 6.45) is 0. The van der Waals surface area contributed by atoms with Gasteiger partial charge in [-0.2, -0.15) is 0 Å². The molecule has 0 rings (SSSR count). The fourth-order valence-corrected chi connectivity index (χ4v) is 0.0667. The zero-order valence-corrected chi connectivity index (χ0v) is 5.30. The first-order chi connectivity index (χ1) is 3.89. The van der Waals surface area contributed by atoms with Gasteiger partial charge >= 0.3 is 4.58 Å². The topological polar surface area (TPSA) is 86.3 Å². The second-order valence-corrected chi connectivity index (χ2v) is 2.27. The lowest BCUT2D eigenvalue weighted by atomic mass is 11.1. The summed E-state index contributed by atoms with van der Waals surface area (Å²) in [5.74, 6) is 0. The zero-order chi connectivity index (χ0) is 7.65. The molecule has 0 radical (unpaired) electrons. The van der Waals surface area contributed by atoms with E-state index >= 15 is 0 Å². The van der Waals surface area contributed by atoms with E-state index in [0.717, 1.165) is 0 Å². The summed E-state index contributed by atoms with van der Waals surface area (Å²) in [4.78, 5) is 16.3. The maximum absolute atomic E-state index is 9.56. The minimum Gasteiger partial charge on any atom is -0.256 e. The minimum atomic E-state index is -3.11. The molecule has 52 valence electrons. The van der Waals surface area contributed by atoms with Gasteiger partial charge < -0.3 is 0 Å². The molecule has 0 fully saturated rings. The van der Waals surface area contributed by atoms with Gasteiger partial charge in [-0.3, -0.25) is 20.2 Å². The summed E-state index contributed by atoms with van der Waals surface area (Å²) < 4.78 is -3.11. The fourth-order valence-electron chi connectivity index (χ4n) is 0.0667. The van der Waals surface area contributed by atoms with Crippen LogP contribution in [0.2, 0.25) is 0 Å². The molecule has 0 aromatic heterocycles. The SMILES string of the molecule is O=[N+]([O-])C(Cl)(Cl)[N+](=O)[O-]. The molecule has 0 heterocycles. The molecule has 0 saturated carbocycles. The van der Waals surface area contributed by atoms with Gasteiger partial charge in [0.05, 0.1) is 23.2 Å². The van der Waals surface area contributed by atoms with E-state index in [1.165, 1.54) is 0 Å². The van der Waals surface area contributed by atoms with Gasteiger partial charge in [0, 0.05) is 0 Å². The summed E-state index contributed by atoms with van der Waals surface area (Å²) in [5, 5.41) is 19.1. The van der Waals surface area contributed by atoms with Crippen molar-refractivity contribution in [1.82, 2.24) is 0 Å². The fraction of sp³-hybridized carbons (Fsp3) is 1.00. The van der Waals surface area contributed by atoms with Gasteiger partial charge in [0.15, 0.2) is 0 Å². The minimum absolute atomic E-state index is 1.41. The van der Waals surface area contributed by atoms with Gasteiger partial charge in [0.25, 0.3) is 0 Å². The number of rotatable bonds is 2. The quantitative estimate of drug-likeness (QED) is 0.202. The van der Waals surface area contributed by atoms with Crippen LogP contribution < -0.4 is 0 Å². The Morgan fingerprint density at radius 2 is 1.33 bits per heavy atom. The van der Waals surface area contributed by atoms with Crippen molar-refractivity contribution in [3.63, 3.8) is 0 Å². The van der Waals surface area contributed by atoms with Crippen molar-refractivity contribution in [2.24, 2.45) is 0 Å². The highest BCUT2D eigenvalue weighted by molar-refractivity contribution is 6.45. The molecule has 0 N–H and O–H groups in total. The summed E-state index contributed by atoms with van der Waals surface area (Å²) in [6.45, 7) is 0. The van der Waals surface area contributed by atoms with Crippen LogP contribution in [-0.4, -0.2) is 14.4 Å². The Hall–Kier alpha value is -0.620. The Bertz CT molecular complexity index is 139. The number of hydrogen-bond donors (Lipinski definition) is 0. The van der Waals surface area contributed by atoms with E-state index in [2.05, 4.69) is 23.2 Å². The van der Waals surface area contributed by atoms with E-state index in [0.29, 0.717) is 0 Å². The molecule has 0 saturated heterocycles. The average Bonchev–Trinajstić information content (AvgIpc) is 1.65. The molecule has 0 amide bonds. The van der Waals surface area contributed by atoms with E-state index in [-0.39, 0.29) is 0 Å². The lowest BCUT2D eigenvalue weighted by Crippen LogP contribution is -2.33. The molecule has 9 heavy (non-hydrogen) atoms. The number of alkyl halides is 2. The molecule has 0 bridgehead atoms. The molecule has 0 aliphatic heterocycles. The average molecular weight is 175 g/mol. The molecule has 0 atom stereocenters. The lowest BCUT2D eigenvalue weighted by Gasteiger charge is -1.97. The predicted octanol–water partition coefficient (Wildman–Crippen LogP) is 0.629. The normalized spacial score (nSPS) is 10.9. The van der Waals surface area contributed by atoms with Crippen molar-refractivity contribution >= 4 is 23.2 Å². The van der Waals surface area contributed by atoms with Crippen LogP contribution in [0.5, 0.6) is 0 Å². The van der Waals surface area contributed by atoms with E-state index in [1.54, 1.807) is 0 Å². The standard InChI is InChI=1S/CCl2N2O4/c2-1(3,4(6)7)5(8)9. The van der Waals surface area contributed by atoms with Gasteiger partial charge in [0.1, 0.15) is 9.85 Å². The van der Waals surface area contributed by atoms with Crippen molar-refractivity contribution in [3.8, 4) is 0 Å². The molecular weight excluding hydrogens is 175 g/mol. The third-order valence-corrected chi connectivity index (χ3v) is 0.991. The van der Waals surface area contributed by atoms with Gasteiger partial charge in [-0.1, -0.05) is 0 Å². The molecule has 6 nitrogen and oxygen atoms in total. The van der Waals surface area contributed by atoms with E-state index < -0.39 is 14.4 Å². The predicted molar refractivity (Wildman–Crippen MR) is 28.4 cm³/mol. The summed E-state index contributed by atoms with van der Waals surface area (Å²) >= 11 is 9.15. The highest BCUT2D eigenvalue weighted by Crippen LogP contribution is 2.20. The molecule has 0 aliphatic rings. The maximum Gasteiger partial charge on any atom is 0.620 e. The van der Waals surface area contributed by atoms with Crippen molar-refractivity contribution in [3.05, 3.63) is 20.2 Å². The van der Waals surface area contributed by atoms with Gasteiger partial charge in [-0.15, -0.1) is 0 Å². The number of nitrogens with zero attached hydrogens (tertiary/aromatic N) is 2. The molecule has 0 unspecified atom stereocenters. The Morgan fingerprint density at radius 1 is 1.11 bits per heavy atom.